The molecule has 0 saturated carbocycles. The number of benzene rings is 2. The van der Waals surface area contributed by atoms with Crippen molar-refractivity contribution in [2.75, 3.05) is 0 Å². The van der Waals surface area contributed by atoms with Crippen molar-refractivity contribution in [1.82, 2.24) is 0 Å². The second-order valence-electron chi connectivity index (χ2n) is 10.8. The monoisotopic (exact) mass is 434 g/mol. The fourth-order valence-corrected chi connectivity index (χ4v) is 4.65. The number of aliphatic carboxylic acids is 1. The Kier molecular flexibility index (Phi) is 7.17. The molecule has 2 aromatic rings. The normalized spacial score (nSPS) is 17.2. The van der Waals surface area contributed by atoms with Crippen LogP contribution in [0.15, 0.2) is 54.1 Å². The SMILES string of the molecule is CC(C)=CC[C@@H](CC(=O)O)c1ccc(OCc2ccc3c(c2)C(C)(C)CCC3(C)C)cc1. The molecule has 32 heavy (non-hydrogen) atoms. The number of carboxylic acids is 1. The second-order valence-corrected chi connectivity index (χ2v) is 10.8. The maximum atomic E-state index is 11.3. The summed E-state index contributed by atoms with van der Waals surface area (Å²) >= 11 is 0. The summed E-state index contributed by atoms with van der Waals surface area (Å²) < 4.78 is 6.09. The van der Waals surface area contributed by atoms with Crippen LogP contribution in [0, 0.1) is 0 Å². The standard InChI is InChI=1S/C29H38O3/c1-20(2)7-9-23(18-27(30)31)22-10-12-24(13-11-22)32-19-21-8-14-25-26(17-21)29(5,6)16-15-28(25,3)4/h7-8,10-14,17,23H,9,15-16,18-19H2,1-6H3,(H,30,31)/t23-/m0/s1. The Balaban J connectivity index is 1.71. The van der Waals surface area contributed by atoms with Crippen molar-refractivity contribution in [2.45, 2.75) is 90.6 Å². The minimum Gasteiger partial charge on any atom is -0.489 e. The highest BCUT2D eigenvalue weighted by atomic mass is 16.5. The van der Waals surface area contributed by atoms with Gasteiger partial charge in [-0.05, 0) is 84.2 Å². The summed E-state index contributed by atoms with van der Waals surface area (Å²) in [5.74, 6) is 0.0148. The van der Waals surface area contributed by atoms with Crippen molar-refractivity contribution in [1.29, 1.82) is 0 Å². The van der Waals surface area contributed by atoms with Gasteiger partial charge in [-0.25, -0.2) is 0 Å². The van der Waals surface area contributed by atoms with Crippen molar-refractivity contribution in [3.63, 3.8) is 0 Å². The molecule has 3 nitrogen and oxygen atoms in total. The van der Waals surface area contributed by atoms with Gasteiger partial charge in [-0.15, -0.1) is 0 Å². The van der Waals surface area contributed by atoms with Crippen LogP contribution in [0.1, 0.15) is 95.4 Å². The van der Waals surface area contributed by atoms with Gasteiger partial charge in [0.15, 0.2) is 0 Å². The molecule has 3 heteroatoms. The summed E-state index contributed by atoms with van der Waals surface area (Å²) in [4.78, 5) is 11.3. The molecule has 0 unspecified atom stereocenters. The number of carboxylic acid groups (broad SMARTS) is 1. The van der Waals surface area contributed by atoms with Crippen LogP contribution in [0.2, 0.25) is 0 Å². The lowest BCUT2D eigenvalue weighted by atomic mass is 9.63. The van der Waals surface area contributed by atoms with Gasteiger partial charge in [0.25, 0.3) is 0 Å². The van der Waals surface area contributed by atoms with E-state index < -0.39 is 5.97 Å². The van der Waals surface area contributed by atoms with Crippen molar-refractivity contribution >= 4 is 5.97 Å². The molecule has 0 fully saturated rings. The first kappa shape index (κ1) is 24.1. The van der Waals surface area contributed by atoms with E-state index in [-0.39, 0.29) is 23.2 Å². The van der Waals surface area contributed by atoms with Gasteiger partial charge >= 0.3 is 5.97 Å². The quantitative estimate of drug-likeness (QED) is 0.437. The van der Waals surface area contributed by atoms with E-state index >= 15 is 0 Å². The molecule has 0 bridgehead atoms. The van der Waals surface area contributed by atoms with Crippen LogP contribution in [-0.4, -0.2) is 11.1 Å². The number of fused-ring (bicyclic) bond motifs is 1. The van der Waals surface area contributed by atoms with Crippen LogP contribution in [-0.2, 0) is 22.2 Å². The van der Waals surface area contributed by atoms with Crippen LogP contribution in [0.25, 0.3) is 0 Å². The van der Waals surface area contributed by atoms with Gasteiger partial charge in [0, 0.05) is 0 Å². The molecule has 172 valence electrons. The first-order chi connectivity index (χ1) is 15.0. The molecule has 0 spiro atoms. The van der Waals surface area contributed by atoms with Gasteiger partial charge in [-0.1, -0.05) is 69.7 Å². The fourth-order valence-electron chi connectivity index (χ4n) is 4.65. The third-order valence-electron chi connectivity index (χ3n) is 6.91. The van der Waals surface area contributed by atoms with Crippen LogP contribution in [0.3, 0.4) is 0 Å². The number of hydrogen-bond donors (Lipinski definition) is 1. The van der Waals surface area contributed by atoms with E-state index in [1.807, 2.05) is 38.1 Å². The van der Waals surface area contributed by atoms with Gasteiger partial charge in [-0.2, -0.15) is 0 Å². The van der Waals surface area contributed by atoms with E-state index in [2.05, 4.69) is 52.0 Å². The van der Waals surface area contributed by atoms with Crippen LogP contribution < -0.4 is 4.74 Å². The first-order valence-electron chi connectivity index (χ1n) is 11.7. The Bertz CT molecular complexity index is 976. The van der Waals surface area contributed by atoms with Gasteiger partial charge in [0.05, 0.1) is 6.42 Å². The third kappa shape index (κ3) is 5.82. The Hall–Kier alpha value is -2.55. The minimum absolute atomic E-state index is 0.0253. The molecule has 0 heterocycles. The molecule has 1 atom stereocenters. The zero-order valence-corrected chi connectivity index (χ0v) is 20.5. The Morgan fingerprint density at radius 2 is 1.62 bits per heavy atom. The lowest BCUT2D eigenvalue weighted by molar-refractivity contribution is -0.137. The maximum absolute atomic E-state index is 11.3. The average Bonchev–Trinajstić information content (AvgIpc) is 2.73. The number of allylic oxidation sites excluding steroid dienone is 2. The molecule has 0 radical (unpaired) electrons. The number of hydrogen-bond acceptors (Lipinski definition) is 2. The maximum Gasteiger partial charge on any atom is 0.303 e. The molecular formula is C29H38O3. The largest absolute Gasteiger partial charge is 0.489 e. The van der Waals surface area contributed by atoms with E-state index in [1.54, 1.807) is 0 Å². The molecule has 1 N–H and O–H groups in total. The summed E-state index contributed by atoms with van der Waals surface area (Å²) in [6, 6.07) is 14.7. The predicted molar refractivity (Wildman–Crippen MR) is 132 cm³/mol. The number of carbonyl (C=O) groups is 1. The zero-order chi connectivity index (χ0) is 23.5. The van der Waals surface area contributed by atoms with Crippen molar-refractivity contribution in [3.05, 3.63) is 76.4 Å². The van der Waals surface area contributed by atoms with Crippen LogP contribution in [0.5, 0.6) is 5.75 Å². The van der Waals surface area contributed by atoms with E-state index in [1.165, 1.54) is 35.1 Å². The molecule has 3 rings (SSSR count). The van der Waals surface area contributed by atoms with E-state index in [9.17, 15) is 9.90 Å². The molecule has 2 aromatic carbocycles. The molecule has 0 aromatic heterocycles. The van der Waals surface area contributed by atoms with Gasteiger partial charge in [-0.3, -0.25) is 4.79 Å². The highest BCUT2D eigenvalue weighted by molar-refractivity contribution is 5.68. The Labute approximate surface area is 193 Å². The molecule has 1 aliphatic rings. The third-order valence-corrected chi connectivity index (χ3v) is 6.91. The molecular weight excluding hydrogens is 396 g/mol. The van der Waals surface area contributed by atoms with Gasteiger partial charge < -0.3 is 9.84 Å². The Morgan fingerprint density at radius 3 is 2.22 bits per heavy atom. The molecule has 1 aliphatic carbocycles. The first-order valence-corrected chi connectivity index (χ1v) is 11.7. The van der Waals surface area contributed by atoms with E-state index in [0.29, 0.717) is 6.61 Å². The summed E-state index contributed by atoms with van der Waals surface area (Å²) in [6.45, 7) is 14.0. The molecule has 0 saturated heterocycles. The Morgan fingerprint density at radius 1 is 1.00 bits per heavy atom. The highest BCUT2D eigenvalue weighted by Crippen LogP contribution is 2.46. The topological polar surface area (TPSA) is 46.5 Å². The zero-order valence-electron chi connectivity index (χ0n) is 20.5. The minimum atomic E-state index is -0.768. The van der Waals surface area contributed by atoms with Crippen molar-refractivity contribution < 1.29 is 14.6 Å². The van der Waals surface area contributed by atoms with Gasteiger partial charge in [0.1, 0.15) is 12.4 Å². The lowest BCUT2D eigenvalue weighted by Gasteiger charge is -2.42. The molecule has 0 aliphatic heterocycles. The van der Waals surface area contributed by atoms with Gasteiger partial charge in [0.2, 0.25) is 0 Å². The number of rotatable bonds is 8. The fraction of sp³-hybridized carbons (Fsp3) is 0.483. The highest BCUT2D eigenvalue weighted by Gasteiger charge is 2.36. The van der Waals surface area contributed by atoms with Crippen molar-refractivity contribution in [2.24, 2.45) is 0 Å². The van der Waals surface area contributed by atoms with Crippen LogP contribution in [0.4, 0.5) is 0 Å². The summed E-state index contributed by atoms with van der Waals surface area (Å²) in [5, 5.41) is 9.28. The van der Waals surface area contributed by atoms with E-state index in [0.717, 1.165) is 17.7 Å². The summed E-state index contributed by atoms with van der Waals surface area (Å²) in [5.41, 5.74) is 6.74. The molecule has 0 amide bonds. The van der Waals surface area contributed by atoms with Crippen LogP contribution >= 0.6 is 0 Å². The summed E-state index contributed by atoms with van der Waals surface area (Å²) in [6.07, 6.45) is 5.38. The second kappa shape index (κ2) is 9.52. The van der Waals surface area contributed by atoms with Crippen molar-refractivity contribution in [3.8, 4) is 5.75 Å². The number of ether oxygens (including phenoxy) is 1. The lowest BCUT2D eigenvalue weighted by Crippen LogP contribution is -2.33. The van der Waals surface area contributed by atoms with E-state index in [4.69, 9.17) is 4.74 Å². The smallest absolute Gasteiger partial charge is 0.303 e. The average molecular weight is 435 g/mol. The predicted octanol–water partition coefficient (Wildman–Crippen LogP) is 7.53. The summed E-state index contributed by atoms with van der Waals surface area (Å²) in [7, 11) is 0.